The van der Waals surface area contributed by atoms with E-state index in [2.05, 4.69) is 25.3 Å². The van der Waals surface area contributed by atoms with E-state index in [-0.39, 0.29) is 6.10 Å². The number of fused-ring (bicyclic) bond motifs is 1. The highest BCUT2D eigenvalue weighted by molar-refractivity contribution is 5.38. The summed E-state index contributed by atoms with van der Waals surface area (Å²) < 4.78 is 13.2. The average molecular weight is 358 g/mol. The predicted molar refractivity (Wildman–Crippen MR) is 97.3 cm³/mol. The van der Waals surface area contributed by atoms with Crippen LogP contribution in [0.1, 0.15) is 30.2 Å². The lowest BCUT2D eigenvalue weighted by molar-refractivity contribution is 0.0106. The van der Waals surface area contributed by atoms with Gasteiger partial charge in [-0.3, -0.25) is 4.68 Å². The third kappa shape index (κ3) is 3.66. The van der Waals surface area contributed by atoms with Gasteiger partial charge in [-0.2, -0.15) is 5.10 Å². The molecular weight excluding hydrogens is 332 g/mol. The number of piperidine rings is 1. The fourth-order valence-corrected chi connectivity index (χ4v) is 3.83. The first kappa shape index (κ1) is 17.2. The van der Waals surface area contributed by atoms with Crippen LogP contribution in [0.2, 0.25) is 0 Å². The van der Waals surface area contributed by atoms with Gasteiger partial charge in [-0.25, -0.2) is 9.97 Å². The van der Waals surface area contributed by atoms with Gasteiger partial charge in [-0.05, 0) is 12.8 Å². The van der Waals surface area contributed by atoms with Crippen LogP contribution in [0.3, 0.4) is 0 Å². The molecule has 4 rings (SSSR count). The molecule has 0 radical (unpaired) electrons. The molecule has 0 bridgehead atoms. The number of aryl methyl sites for hydroxylation is 1. The fourth-order valence-electron chi connectivity index (χ4n) is 3.83. The highest BCUT2D eigenvalue weighted by atomic mass is 16.5. The van der Waals surface area contributed by atoms with Crippen LogP contribution >= 0.6 is 0 Å². The standard InChI is InChI=1S/C18H26N6O2/c1-23-15-5-8-26-16(14(15)10-21-23)11-24-6-3-13(4-7-24)22-17-9-18(25-2)20-12-19-17/h9-10,12-13,16H,3-8,11H2,1-2H3,(H,19,20,22). The molecule has 8 nitrogen and oxygen atoms in total. The molecule has 0 saturated carbocycles. The van der Waals surface area contributed by atoms with Crippen LogP contribution in [0, 0.1) is 0 Å². The van der Waals surface area contributed by atoms with Crippen LogP contribution in [-0.4, -0.2) is 64.0 Å². The number of aromatic nitrogens is 4. The minimum atomic E-state index is 0.142. The predicted octanol–water partition coefficient (Wildman–Crippen LogP) is 1.41. The van der Waals surface area contributed by atoms with E-state index in [0.29, 0.717) is 11.9 Å². The van der Waals surface area contributed by atoms with Crippen molar-refractivity contribution >= 4 is 5.82 Å². The molecule has 2 aliphatic heterocycles. The van der Waals surface area contributed by atoms with Crippen molar-refractivity contribution in [1.82, 2.24) is 24.6 Å². The van der Waals surface area contributed by atoms with Crippen molar-refractivity contribution < 1.29 is 9.47 Å². The number of hydrogen-bond acceptors (Lipinski definition) is 7. The Morgan fingerprint density at radius 2 is 2.15 bits per heavy atom. The summed E-state index contributed by atoms with van der Waals surface area (Å²) in [5, 5.41) is 7.90. The second-order valence-corrected chi connectivity index (χ2v) is 6.94. The van der Waals surface area contributed by atoms with Crippen molar-refractivity contribution in [3.05, 3.63) is 29.8 Å². The molecule has 1 unspecified atom stereocenters. The molecule has 8 heteroatoms. The molecule has 1 atom stereocenters. The molecule has 0 amide bonds. The Morgan fingerprint density at radius 1 is 1.31 bits per heavy atom. The van der Waals surface area contributed by atoms with Crippen molar-refractivity contribution in [2.75, 3.05) is 38.7 Å². The molecule has 0 spiro atoms. The summed E-state index contributed by atoms with van der Waals surface area (Å²) in [4.78, 5) is 10.8. The number of methoxy groups -OCH3 is 1. The molecule has 2 aliphatic rings. The lowest BCUT2D eigenvalue weighted by atomic mass is 10.0. The first-order valence-electron chi connectivity index (χ1n) is 9.20. The zero-order valence-electron chi connectivity index (χ0n) is 15.4. The zero-order valence-corrected chi connectivity index (χ0v) is 15.4. The lowest BCUT2D eigenvalue weighted by Gasteiger charge is -2.35. The largest absolute Gasteiger partial charge is 0.481 e. The molecule has 1 saturated heterocycles. The maximum absolute atomic E-state index is 6.03. The fraction of sp³-hybridized carbons (Fsp3) is 0.611. The molecule has 0 aromatic carbocycles. The lowest BCUT2D eigenvalue weighted by Crippen LogP contribution is -2.42. The van der Waals surface area contributed by atoms with Crippen molar-refractivity contribution in [2.45, 2.75) is 31.4 Å². The van der Waals surface area contributed by atoms with Gasteiger partial charge >= 0.3 is 0 Å². The number of nitrogens with one attached hydrogen (secondary N) is 1. The van der Waals surface area contributed by atoms with Crippen molar-refractivity contribution in [2.24, 2.45) is 7.05 Å². The summed E-state index contributed by atoms with van der Waals surface area (Å²) >= 11 is 0. The van der Waals surface area contributed by atoms with Gasteiger partial charge in [0, 0.05) is 56.5 Å². The van der Waals surface area contributed by atoms with E-state index in [1.165, 1.54) is 17.6 Å². The van der Waals surface area contributed by atoms with Crippen molar-refractivity contribution in [3.8, 4) is 5.88 Å². The molecular formula is C18H26N6O2. The van der Waals surface area contributed by atoms with Gasteiger partial charge in [0.05, 0.1) is 26.0 Å². The maximum Gasteiger partial charge on any atom is 0.218 e. The number of likely N-dealkylation sites (tertiary alicyclic amines) is 1. The van der Waals surface area contributed by atoms with E-state index >= 15 is 0 Å². The second kappa shape index (κ2) is 7.59. The Bertz CT molecular complexity index is 741. The Kier molecular flexibility index (Phi) is 5.03. The molecule has 2 aromatic rings. The van der Waals surface area contributed by atoms with Crippen molar-refractivity contribution in [1.29, 1.82) is 0 Å². The Labute approximate surface area is 153 Å². The van der Waals surface area contributed by atoms with Crippen LogP contribution in [0.15, 0.2) is 18.6 Å². The summed E-state index contributed by atoms with van der Waals surface area (Å²) in [5.74, 6) is 1.41. The zero-order chi connectivity index (χ0) is 17.9. The van der Waals surface area contributed by atoms with Gasteiger partial charge in [0.1, 0.15) is 12.1 Å². The Balaban J connectivity index is 1.30. The van der Waals surface area contributed by atoms with E-state index in [1.807, 2.05) is 24.0 Å². The van der Waals surface area contributed by atoms with Crippen LogP contribution < -0.4 is 10.1 Å². The van der Waals surface area contributed by atoms with Gasteiger partial charge < -0.3 is 19.7 Å². The quantitative estimate of drug-likeness (QED) is 0.866. The van der Waals surface area contributed by atoms with E-state index in [1.54, 1.807) is 7.11 Å². The monoisotopic (exact) mass is 358 g/mol. The molecule has 26 heavy (non-hydrogen) atoms. The highest BCUT2D eigenvalue weighted by Gasteiger charge is 2.28. The Morgan fingerprint density at radius 3 is 2.96 bits per heavy atom. The minimum absolute atomic E-state index is 0.142. The number of ether oxygens (including phenoxy) is 2. The van der Waals surface area contributed by atoms with Crippen molar-refractivity contribution in [3.63, 3.8) is 0 Å². The number of hydrogen-bond donors (Lipinski definition) is 1. The van der Waals surface area contributed by atoms with Gasteiger partial charge in [0.25, 0.3) is 0 Å². The smallest absolute Gasteiger partial charge is 0.218 e. The normalized spacial score (nSPS) is 21.4. The SMILES string of the molecule is COc1cc(NC2CCN(CC3OCCc4c3cnn4C)CC2)ncn1. The molecule has 2 aromatic heterocycles. The third-order valence-electron chi connectivity index (χ3n) is 5.31. The Hall–Kier alpha value is -2.19. The summed E-state index contributed by atoms with van der Waals surface area (Å²) in [7, 11) is 3.63. The van der Waals surface area contributed by atoms with E-state index in [4.69, 9.17) is 9.47 Å². The number of nitrogens with zero attached hydrogens (tertiary/aromatic N) is 5. The van der Waals surface area contributed by atoms with Gasteiger partial charge in [0.15, 0.2) is 0 Å². The first-order valence-corrected chi connectivity index (χ1v) is 9.20. The van der Waals surface area contributed by atoms with E-state index in [0.717, 1.165) is 51.3 Å². The topological polar surface area (TPSA) is 77.3 Å². The highest BCUT2D eigenvalue weighted by Crippen LogP contribution is 2.28. The molecule has 1 N–H and O–H groups in total. The van der Waals surface area contributed by atoms with E-state index < -0.39 is 0 Å². The summed E-state index contributed by atoms with van der Waals surface area (Å²) in [6.45, 7) is 3.82. The number of anilines is 1. The van der Waals surface area contributed by atoms with Crippen LogP contribution in [0.4, 0.5) is 5.82 Å². The third-order valence-corrected chi connectivity index (χ3v) is 5.31. The van der Waals surface area contributed by atoms with Gasteiger partial charge in [0.2, 0.25) is 5.88 Å². The summed E-state index contributed by atoms with van der Waals surface area (Å²) in [6.07, 6.45) is 6.76. The summed E-state index contributed by atoms with van der Waals surface area (Å²) in [6, 6.07) is 2.26. The van der Waals surface area contributed by atoms with E-state index in [9.17, 15) is 0 Å². The van der Waals surface area contributed by atoms with Gasteiger partial charge in [-0.1, -0.05) is 0 Å². The van der Waals surface area contributed by atoms with Crippen LogP contribution in [-0.2, 0) is 18.2 Å². The average Bonchev–Trinajstić information content (AvgIpc) is 3.06. The van der Waals surface area contributed by atoms with Crippen LogP contribution in [0.25, 0.3) is 0 Å². The minimum Gasteiger partial charge on any atom is -0.481 e. The molecule has 140 valence electrons. The summed E-state index contributed by atoms with van der Waals surface area (Å²) in [5.41, 5.74) is 2.57. The molecule has 4 heterocycles. The first-order chi connectivity index (χ1) is 12.7. The molecule has 0 aliphatic carbocycles. The maximum atomic E-state index is 6.03. The van der Waals surface area contributed by atoms with Crippen LogP contribution in [0.5, 0.6) is 5.88 Å². The van der Waals surface area contributed by atoms with Gasteiger partial charge in [-0.15, -0.1) is 0 Å². The second-order valence-electron chi connectivity index (χ2n) is 6.94. The molecule has 1 fully saturated rings. The number of rotatable bonds is 5.